The normalized spacial score (nSPS) is 10.8. The van der Waals surface area contributed by atoms with E-state index >= 15 is 0 Å². The van der Waals surface area contributed by atoms with E-state index < -0.39 is 0 Å². The third-order valence-corrected chi connectivity index (χ3v) is 4.66. The van der Waals surface area contributed by atoms with Gasteiger partial charge in [0, 0.05) is 16.8 Å². The van der Waals surface area contributed by atoms with Crippen LogP contribution in [0.15, 0.2) is 60.7 Å². The van der Waals surface area contributed by atoms with Crippen LogP contribution in [0.4, 0.5) is 5.69 Å². The smallest absolute Gasteiger partial charge is 0.257 e. The topological polar surface area (TPSA) is 69.0 Å². The third kappa shape index (κ3) is 3.65. The Morgan fingerprint density at radius 2 is 1.82 bits per heavy atom. The molecule has 1 aromatic heterocycles. The molecule has 4 aromatic rings. The summed E-state index contributed by atoms with van der Waals surface area (Å²) in [4.78, 5) is 14.0. The van der Waals surface area contributed by atoms with E-state index in [-0.39, 0.29) is 5.91 Å². The van der Waals surface area contributed by atoms with Gasteiger partial charge < -0.3 is 10.1 Å². The number of ether oxygens (including phenoxy) is 1. The molecule has 28 heavy (non-hydrogen) atoms. The highest BCUT2D eigenvalue weighted by Gasteiger charge is 2.13. The fraction of sp³-hybridized carbons (Fsp3) is 0.0500. The molecule has 0 saturated heterocycles. The summed E-state index contributed by atoms with van der Waals surface area (Å²) in [5, 5.41) is 12.5. The van der Waals surface area contributed by atoms with Crippen molar-refractivity contribution in [2.24, 2.45) is 0 Å². The molecule has 0 aliphatic carbocycles. The van der Waals surface area contributed by atoms with Crippen LogP contribution in [0.25, 0.3) is 16.7 Å². The van der Waals surface area contributed by atoms with Crippen molar-refractivity contribution >= 4 is 45.8 Å². The zero-order chi connectivity index (χ0) is 19.7. The molecule has 6 nitrogen and oxygen atoms in total. The first-order valence-corrected chi connectivity index (χ1v) is 9.07. The van der Waals surface area contributed by atoms with E-state index in [1.807, 2.05) is 24.3 Å². The minimum atomic E-state index is -0.355. The van der Waals surface area contributed by atoms with Crippen LogP contribution in [-0.2, 0) is 0 Å². The summed E-state index contributed by atoms with van der Waals surface area (Å²) in [5.74, 6) is 0.359. The van der Waals surface area contributed by atoms with Crippen molar-refractivity contribution in [1.29, 1.82) is 0 Å². The van der Waals surface area contributed by atoms with E-state index in [0.29, 0.717) is 38.1 Å². The minimum Gasteiger partial charge on any atom is -0.497 e. The number of hydrogen-bond donors (Lipinski definition) is 1. The molecule has 4 rings (SSSR count). The average molecular weight is 413 g/mol. The number of hydrogen-bond acceptors (Lipinski definition) is 4. The molecule has 140 valence electrons. The highest BCUT2D eigenvalue weighted by molar-refractivity contribution is 6.36. The largest absolute Gasteiger partial charge is 0.497 e. The van der Waals surface area contributed by atoms with Crippen LogP contribution in [0.2, 0.25) is 10.0 Å². The van der Waals surface area contributed by atoms with E-state index in [4.69, 9.17) is 27.9 Å². The number of methoxy groups -OCH3 is 1. The molecule has 0 atom stereocenters. The molecular formula is C20H14Cl2N4O2. The maximum absolute atomic E-state index is 12.5. The van der Waals surface area contributed by atoms with Crippen LogP contribution >= 0.6 is 23.2 Å². The number of carbonyl (C=O) groups excluding carboxylic acids is 1. The standard InChI is InChI=1S/C20H14Cl2N4O2/c1-28-15-4-2-3-14(11-15)26-24-18-8-6-13(10-19(18)25-26)23-20(27)16-9-12(21)5-7-17(16)22/h2-11H,1H3,(H,23,27). The molecule has 0 spiro atoms. The van der Waals surface area contributed by atoms with Gasteiger partial charge in [0.05, 0.1) is 23.4 Å². The predicted octanol–water partition coefficient (Wildman–Crippen LogP) is 4.99. The Morgan fingerprint density at radius 1 is 1.00 bits per heavy atom. The first kappa shape index (κ1) is 18.3. The number of benzene rings is 3. The Hall–Kier alpha value is -3.09. The second-order valence-electron chi connectivity index (χ2n) is 5.97. The van der Waals surface area contributed by atoms with Crippen LogP contribution in [0.5, 0.6) is 5.75 Å². The van der Waals surface area contributed by atoms with Crippen LogP contribution < -0.4 is 10.1 Å². The van der Waals surface area contributed by atoms with Crippen LogP contribution in [0.1, 0.15) is 10.4 Å². The van der Waals surface area contributed by atoms with E-state index in [1.165, 1.54) is 10.9 Å². The number of amides is 1. The number of anilines is 1. The van der Waals surface area contributed by atoms with Gasteiger partial charge in [-0.15, -0.1) is 10.2 Å². The van der Waals surface area contributed by atoms with Gasteiger partial charge in [-0.3, -0.25) is 4.79 Å². The number of rotatable bonds is 4. The lowest BCUT2D eigenvalue weighted by molar-refractivity contribution is 0.102. The van der Waals surface area contributed by atoms with Gasteiger partial charge in [-0.2, -0.15) is 4.80 Å². The SMILES string of the molecule is COc1cccc(-n2nc3ccc(NC(=O)c4cc(Cl)ccc4Cl)cc3n2)c1. The molecule has 0 unspecified atom stereocenters. The molecule has 0 saturated carbocycles. The molecule has 0 bridgehead atoms. The zero-order valence-electron chi connectivity index (χ0n) is 14.7. The number of carbonyl (C=O) groups is 1. The van der Waals surface area contributed by atoms with Gasteiger partial charge >= 0.3 is 0 Å². The maximum Gasteiger partial charge on any atom is 0.257 e. The Bertz CT molecular complexity index is 1190. The highest BCUT2D eigenvalue weighted by atomic mass is 35.5. The summed E-state index contributed by atoms with van der Waals surface area (Å²) < 4.78 is 5.24. The van der Waals surface area contributed by atoms with Crippen LogP contribution in [0.3, 0.4) is 0 Å². The van der Waals surface area contributed by atoms with Crippen molar-refractivity contribution in [2.75, 3.05) is 12.4 Å². The first-order chi connectivity index (χ1) is 13.5. The number of halogens is 2. The zero-order valence-corrected chi connectivity index (χ0v) is 16.2. The van der Waals surface area contributed by atoms with Gasteiger partial charge in [0.15, 0.2) is 0 Å². The lowest BCUT2D eigenvalue weighted by Gasteiger charge is -2.07. The minimum absolute atomic E-state index is 0.300. The number of aromatic nitrogens is 3. The summed E-state index contributed by atoms with van der Waals surface area (Å²) >= 11 is 12.0. The molecule has 0 aliphatic heterocycles. The second kappa shape index (κ2) is 7.50. The van der Waals surface area contributed by atoms with Gasteiger partial charge in [-0.1, -0.05) is 29.3 Å². The summed E-state index contributed by atoms with van der Waals surface area (Å²) in [5.41, 5.74) is 2.98. The van der Waals surface area contributed by atoms with E-state index in [1.54, 1.807) is 37.4 Å². The fourth-order valence-corrected chi connectivity index (χ4v) is 3.09. The summed E-state index contributed by atoms with van der Waals surface area (Å²) in [6, 6.07) is 17.5. The Kier molecular flexibility index (Phi) is 4.90. The van der Waals surface area contributed by atoms with E-state index in [0.717, 1.165) is 5.69 Å². The summed E-state index contributed by atoms with van der Waals surface area (Å²) in [7, 11) is 1.60. The lowest BCUT2D eigenvalue weighted by atomic mass is 10.2. The maximum atomic E-state index is 12.5. The molecule has 1 N–H and O–H groups in total. The number of nitrogens with one attached hydrogen (secondary N) is 1. The van der Waals surface area contributed by atoms with Gasteiger partial charge in [0.1, 0.15) is 16.8 Å². The molecule has 0 fully saturated rings. The molecule has 8 heteroatoms. The van der Waals surface area contributed by atoms with Gasteiger partial charge in [0.2, 0.25) is 0 Å². The van der Waals surface area contributed by atoms with Crippen molar-refractivity contribution in [3.63, 3.8) is 0 Å². The Labute approximate surface area is 170 Å². The Morgan fingerprint density at radius 3 is 2.64 bits per heavy atom. The van der Waals surface area contributed by atoms with Gasteiger partial charge in [0.25, 0.3) is 5.91 Å². The quantitative estimate of drug-likeness (QED) is 0.512. The van der Waals surface area contributed by atoms with Crippen molar-refractivity contribution in [3.05, 3.63) is 76.3 Å². The lowest BCUT2D eigenvalue weighted by Crippen LogP contribution is -2.12. The van der Waals surface area contributed by atoms with Crippen molar-refractivity contribution < 1.29 is 9.53 Å². The molecule has 1 amide bonds. The predicted molar refractivity (Wildman–Crippen MR) is 110 cm³/mol. The number of fused-ring (bicyclic) bond motifs is 1. The average Bonchev–Trinajstić information content (AvgIpc) is 3.13. The second-order valence-corrected chi connectivity index (χ2v) is 6.82. The van der Waals surface area contributed by atoms with Gasteiger partial charge in [-0.05, 0) is 48.5 Å². The molecule has 0 radical (unpaired) electrons. The highest BCUT2D eigenvalue weighted by Crippen LogP contribution is 2.23. The molecule has 1 heterocycles. The monoisotopic (exact) mass is 412 g/mol. The summed E-state index contributed by atoms with van der Waals surface area (Å²) in [6.07, 6.45) is 0. The third-order valence-electron chi connectivity index (χ3n) is 4.10. The Balaban J connectivity index is 1.63. The summed E-state index contributed by atoms with van der Waals surface area (Å²) in [6.45, 7) is 0. The fourth-order valence-electron chi connectivity index (χ4n) is 2.71. The van der Waals surface area contributed by atoms with Crippen LogP contribution in [-0.4, -0.2) is 28.0 Å². The van der Waals surface area contributed by atoms with Crippen molar-refractivity contribution in [2.45, 2.75) is 0 Å². The van der Waals surface area contributed by atoms with E-state index in [2.05, 4.69) is 15.5 Å². The van der Waals surface area contributed by atoms with E-state index in [9.17, 15) is 4.79 Å². The molecule has 3 aromatic carbocycles. The van der Waals surface area contributed by atoms with Gasteiger partial charge in [-0.25, -0.2) is 0 Å². The number of nitrogens with zero attached hydrogens (tertiary/aromatic N) is 3. The van der Waals surface area contributed by atoms with Crippen molar-refractivity contribution in [3.8, 4) is 11.4 Å². The van der Waals surface area contributed by atoms with Crippen molar-refractivity contribution in [1.82, 2.24) is 15.0 Å². The molecule has 0 aliphatic rings. The molecular weight excluding hydrogens is 399 g/mol. The first-order valence-electron chi connectivity index (χ1n) is 8.31. The van der Waals surface area contributed by atoms with Crippen LogP contribution in [0, 0.1) is 0 Å².